The fourth-order valence-electron chi connectivity index (χ4n) is 4.17. The molecule has 25 heavy (non-hydrogen) atoms. The van der Waals surface area contributed by atoms with Crippen molar-refractivity contribution in [1.82, 2.24) is 10.2 Å². The number of nitrogens with two attached hydrogens (primary N) is 1. The molecular weight excluding hydrogens is 357 g/mol. The highest BCUT2D eigenvalue weighted by Crippen LogP contribution is 2.31. The molecule has 1 amide bonds. The maximum atomic E-state index is 12.5. The number of hydrogen-bond acceptors (Lipinski definition) is 3. The first-order valence-electron chi connectivity index (χ1n) is 8.98. The van der Waals surface area contributed by atoms with Crippen molar-refractivity contribution in [2.45, 2.75) is 44.7 Å². The van der Waals surface area contributed by atoms with Crippen LogP contribution in [0.4, 0.5) is 0 Å². The van der Waals surface area contributed by atoms with Gasteiger partial charge in [-0.3, -0.25) is 9.69 Å². The maximum absolute atomic E-state index is 12.5. The van der Waals surface area contributed by atoms with Crippen LogP contribution >= 0.6 is 24.8 Å². The fourth-order valence-corrected chi connectivity index (χ4v) is 4.17. The van der Waals surface area contributed by atoms with Gasteiger partial charge in [-0.25, -0.2) is 0 Å². The van der Waals surface area contributed by atoms with Gasteiger partial charge in [-0.15, -0.1) is 24.8 Å². The summed E-state index contributed by atoms with van der Waals surface area (Å²) in [5.74, 6) is 0.758. The minimum Gasteiger partial charge on any atom is -0.352 e. The smallest absolute Gasteiger partial charge is 0.223 e. The standard InChI is InChI=1S/C19H29N3O.2ClH/c1-14(15-6-3-2-4-7-15)22-11-10-17(13-22)21-19(23)18-9-5-8-16(18)12-20;;/h2-4,6-7,14,16-18H,5,8-13,20H2,1H3,(H,21,23);2*1H/t14?,16-,17?,18-;;/m1../s1. The minimum atomic E-state index is 0. The molecule has 4 atom stereocenters. The van der Waals surface area contributed by atoms with Crippen LogP contribution in [0, 0.1) is 11.8 Å². The number of halogens is 2. The Labute approximate surface area is 163 Å². The van der Waals surface area contributed by atoms with E-state index >= 15 is 0 Å². The van der Waals surface area contributed by atoms with Crippen LogP contribution in [0.15, 0.2) is 30.3 Å². The minimum absolute atomic E-state index is 0. The van der Waals surface area contributed by atoms with E-state index in [-0.39, 0.29) is 42.7 Å². The summed E-state index contributed by atoms with van der Waals surface area (Å²) in [7, 11) is 0. The highest BCUT2D eigenvalue weighted by molar-refractivity contribution is 5.85. The molecule has 3 rings (SSSR count). The Morgan fingerprint density at radius 2 is 1.96 bits per heavy atom. The van der Waals surface area contributed by atoms with Gasteiger partial charge in [-0.05, 0) is 44.2 Å². The van der Waals surface area contributed by atoms with E-state index in [1.165, 1.54) is 5.56 Å². The number of nitrogens with zero attached hydrogens (tertiary/aromatic N) is 1. The molecule has 0 spiro atoms. The molecule has 1 aromatic carbocycles. The summed E-state index contributed by atoms with van der Waals surface area (Å²) in [6.07, 6.45) is 4.30. The monoisotopic (exact) mass is 387 g/mol. The fraction of sp³-hybridized carbons (Fsp3) is 0.632. The number of carbonyl (C=O) groups is 1. The molecule has 2 fully saturated rings. The van der Waals surface area contributed by atoms with E-state index in [1.807, 2.05) is 0 Å². The maximum Gasteiger partial charge on any atom is 0.223 e. The largest absolute Gasteiger partial charge is 0.352 e. The van der Waals surface area contributed by atoms with Gasteiger partial charge in [0.25, 0.3) is 0 Å². The van der Waals surface area contributed by atoms with Gasteiger partial charge in [-0.2, -0.15) is 0 Å². The number of amides is 1. The summed E-state index contributed by atoms with van der Waals surface area (Å²) < 4.78 is 0. The lowest BCUT2D eigenvalue weighted by molar-refractivity contribution is -0.126. The molecule has 0 radical (unpaired) electrons. The molecule has 0 bridgehead atoms. The van der Waals surface area contributed by atoms with Crippen LogP contribution in [0.25, 0.3) is 0 Å². The van der Waals surface area contributed by atoms with Crippen molar-refractivity contribution >= 4 is 30.7 Å². The lowest BCUT2D eigenvalue weighted by Gasteiger charge is -2.25. The highest BCUT2D eigenvalue weighted by Gasteiger charge is 2.34. The van der Waals surface area contributed by atoms with Crippen molar-refractivity contribution in [2.75, 3.05) is 19.6 Å². The average molecular weight is 388 g/mol. The predicted octanol–water partition coefficient (Wildman–Crippen LogP) is 3.16. The van der Waals surface area contributed by atoms with Crippen LogP contribution in [0.5, 0.6) is 0 Å². The Hall–Kier alpha value is -0.810. The van der Waals surface area contributed by atoms with Gasteiger partial charge in [0.1, 0.15) is 0 Å². The Morgan fingerprint density at radius 3 is 2.64 bits per heavy atom. The molecule has 6 heteroatoms. The quantitative estimate of drug-likeness (QED) is 0.815. The van der Waals surface area contributed by atoms with Gasteiger partial charge in [0.05, 0.1) is 0 Å². The Morgan fingerprint density at radius 1 is 1.24 bits per heavy atom. The normalized spacial score (nSPS) is 27.2. The number of carbonyl (C=O) groups excluding carboxylic acids is 1. The first-order valence-corrected chi connectivity index (χ1v) is 8.98. The second kappa shape index (κ2) is 10.4. The summed E-state index contributed by atoms with van der Waals surface area (Å²) in [5, 5.41) is 3.29. The first-order chi connectivity index (χ1) is 11.2. The van der Waals surface area contributed by atoms with Gasteiger partial charge >= 0.3 is 0 Å². The molecule has 3 N–H and O–H groups in total. The van der Waals surface area contributed by atoms with Crippen molar-refractivity contribution < 1.29 is 4.79 Å². The predicted molar refractivity (Wildman–Crippen MR) is 107 cm³/mol. The molecule has 1 saturated heterocycles. The SMILES string of the molecule is CC(c1ccccc1)N1CCC(NC(=O)[C@@H]2CCC[C@@H]2CN)C1.Cl.Cl. The second-order valence-corrected chi connectivity index (χ2v) is 7.11. The number of benzene rings is 1. The number of rotatable bonds is 5. The van der Waals surface area contributed by atoms with E-state index in [0.29, 0.717) is 18.5 Å². The van der Waals surface area contributed by atoms with Crippen LogP contribution in [0.3, 0.4) is 0 Å². The molecule has 1 saturated carbocycles. The third-order valence-corrected chi connectivity index (χ3v) is 5.69. The summed E-state index contributed by atoms with van der Waals surface area (Å²) in [4.78, 5) is 15.0. The Kier molecular flexibility index (Phi) is 9.22. The molecular formula is C19H31Cl2N3O. The number of nitrogens with one attached hydrogen (secondary N) is 1. The van der Waals surface area contributed by atoms with Gasteiger partial charge < -0.3 is 11.1 Å². The topological polar surface area (TPSA) is 58.4 Å². The molecule has 1 aliphatic carbocycles. The number of likely N-dealkylation sites (tertiary alicyclic amines) is 1. The van der Waals surface area contributed by atoms with Gasteiger partial charge in [0.15, 0.2) is 0 Å². The second-order valence-electron chi connectivity index (χ2n) is 7.11. The van der Waals surface area contributed by atoms with Crippen molar-refractivity contribution in [2.24, 2.45) is 17.6 Å². The Bertz CT molecular complexity index is 529. The van der Waals surface area contributed by atoms with Crippen LogP contribution < -0.4 is 11.1 Å². The molecule has 142 valence electrons. The number of hydrogen-bond donors (Lipinski definition) is 2. The van der Waals surface area contributed by atoms with Gasteiger partial charge in [-0.1, -0.05) is 36.8 Å². The zero-order valence-electron chi connectivity index (χ0n) is 14.9. The molecule has 4 nitrogen and oxygen atoms in total. The van der Waals surface area contributed by atoms with Crippen molar-refractivity contribution in [1.29, 1.82) is 0 Å². The van der Waals surface area contributed by atoms with Gasteiger partial charge in [0.2, 0.25) is 5.91 Å². The van der Waals surface area contributed by atoms with Gasteiger partial charge in [0, 0.05) is 31.1 Å². The summed E-state index contributed by atoms with van der Waals surface area (Å²) in [6, 6.07) is 11.3. The van der Waals surface area contributed by atoms with E-state index in [2.05, 4.69) is 47.5 Å². The Balaban J connectivity index is 0.00000156. The van der Waals surface area contributed by atoms with Crippen LogP contribution in [0.1, 0.15) is 44.2 Å². The third-order valence-electron chi connectivity index (χ3n) is 5.69. The van der Waals surface area contributed by atoms with E-state index in [4.69, 9.17) is 5.73 Å². The highest BCUT2D eigenvalue weighted by atomic mass is 35.5. The van der Waals surface area contributed by atoms with Crippen LogP contribution in [-0.2, 0) is 4.79 Å². The van der Waals surface area contributed by atoms with E-state index in [0.717, 1.165) is 38.8 Å². The van der Waals surface area contributed by atoms with E-state index in [1.54, 1.807) is 0 Å². The molecule has 1 heterocycles. The molecule has 2 unspecified atom stereocenters. The lowest BCUT2D eigenvalue weighted by atomic mass is 9.95. The molecule has 2 aliphatic rings. The average Bonchev–Trinajstić information content (AvgIpc) is 3.23. The van der Waals surface area contributed by atoms with Crippen molar-refractivity contribution in [3.05, 3.63) is 35.9 Å². The first kappa shape index (κ1) is 22.2. The van der Waals surface area contributed by atoms with Crippen molar-refractivity contribution in [3.63, 3.8) is 0 Å². The third kappa shape index (κ3) is 5.33. The van der Waals surface area contributed by atoms with E-state index < -0.39 is 0 Å². The zero-order chi connectivity index (χ0) is 16.2. The van der Waals surface area contributed by atoms with Crippen molar-refractivity contribution in [3.8, 4) is 0 Å². The molecule has 1 aliphatic heterocycles. The molecule has 0 aromatic heterocycles. The summed E-state index contributed by atoms with van der Waals surface area (Å²) in [5.41, 5.74) is 7.15. The lowest BCUT2D eigenvalue weighted by Crippen LogP contribution is -2.42. The molecule has 1 aromatic rings. The summed E-state index contributed by atoms with van der Waals surface area (Å²) in [6.45, 7) is 4.88. The van der Waals surface area contributed by atoms with Crippen LogP contribution in [-0.4, -0.2) is 36.5 Å². The van der Waals surface area contributed by atoms with E-state index in [9.17, 15) is 4.79 Å². The summed E-state index contributed by atoms with van der Waals surface area (Å²) >= 11 is 0. The zero-order valence-corrected chi connectivity index (χ0v) is 16.5. The van der Waals surface area contributed by atoms with Crippen LogP contribution in [0.2, 0.25) is 0 Å².